The number of hydrogen-bond donors (Lipinski definition) is 2. The number of ether oxygens (including phenoxy) is 2. The van der Waals surface area contributed by atoms with Crippen LogP contribution in [0.2, 0.25) is 0 Å². The number of amides is 3. The van der Waals surface area contributed by atoms with Crippen molar-refractivity contribution in [3.8, 4) is 5.75 Å². The number of nitrogens with one attached hydrogen (secondary N) is 2. The Morgan fingerprint density at radius 3 is 2.44 bits per heavy atom. The SMILES string of the molecule is COc1cc(C(=O)NN2CCN(C3CN(C(=O)OCc4ccccc4)C3)CC2)ccc1Nc1ncc2c(n1)N(C1CCCC1)CC(F)(F)C(=O)N2C. The van der Waals surface area contributed by atoms with Gasteiger partial charge in [-0.3, -0.25) is 19.9 Å². The predicted molar refractivity (Wildman–Crippen MR) is 189 cm³/mol. The number of hydrazine groups is 1. The molecule has 3 fully saturated rings. The second-order valence-corrected chi connectivity index (χ2v) is 13.6. The zero-order chi connectivity index (χ0) is 36.4. The number of methoxy groups -OCH3 is 1. The minimum Gasteiger partial charge on any atom is -0.495 e. The number of halogens is 2. The lowest BCUT2D eigenvalue weighted by Gasteiger charge is -2.47. The van der Waals surface area contributed by atoms with E-state index >= 15 is 0 Å². The number of piperazine rings is 1. The number of aromatic nitrogens is 2. The van der Waals surface area contributed by atoms with Crippen LogP contribution >= 0.6 is 0 Å². The van der Waals surface area contributed by atoms with Crippen LogP contribution in [-0.2, 0) is 16.1 Å². The van der Waals surface area contributed by atoms with E-state index in [1.807, 2.05) is 35.3 Å². The lowest BCUT2D eigenvalue weighted by Crippen LogP contribution is -2.65. The molecule has 1 aliphatic carbocycles. The molecule has 0 spiro atoms. The normalized spacial score (nSPS) is 19.8. The minimum absolute atomic E-state index is 0.139. The van der Waals surface area contributed by atoms with Crippen molar-refractivity contribution in [3.05, 3.63) is 65.9 Å². The molecule has 1 aromatic heterocycles. The van der Waals surface area contributed by atoms with E-state index in [0.717, 1.165) is 49.2 Å². The second kappa shape index (κ2) is 14.9. The monoisotopic (exact) mass is 719 g/mol. The summed E-state index contributed by atoms with van der Waals surface area (Å²) in [5.74, 6) is -4.39. The average molecular weight is 720 g/mol. The Bertz CT molecular complexity index is 1780. The van der Waals surface area contributed by atoms with Crippen LogP contribution in [0.4, 0.5) is 36.7 Å². The minimum atomic E-state index is -3.57. The fraction of sp³-hybridized carbons (Fsp3) is 0.472. The highest BCUT2D eigenvalue weighted by molar-refractivity contribution is 6.02. The van der Waals surface area contributed by atoms with Gasteiger partial charge in [0, 0.05) is 64.0 Å². The predicted octanol–water partition coefficient (Wildman–Crippen LogP) is 3.87. The van der Waals surface area contributed by atoms with E-state index in [9.17, 15) is 23.2 Å². The van der Waals surface area contributed by atoms with Crippen LogP contribution in [0.5, 0.6) is 5.75 Å². The average Bonchev–Trinajstić information content (AvgIpc) is 3.66. The Kier molecular flexibility index (Phi) is 10.1. The number of fused-ring (bicyclic) bond motifs is 1. The Morgan fingerprint density at radius 1 is 1.00 bits per heavy atom. The zero-order valence-corrected chi connectivity index (χ0v) is 29.3. The number of alkyl halides is 2. The third kappa shape index (κ3) is 7.44. The fourth-order valence-corrected chi connectivity index (χ4v) is 7.21. The second-order valence-electron chi connectivity index (χ2n) is 13.6. The molecule has 3 aliphatic heterocycles. The number of nitrogens with zero attached hydrogens (tertiary/aromatic N) is 7. The Morgan fingerprint density at radius 2 is 1.73 bits per heavy atom. The van der Waals surface area contributed by atoms with Gasteiger partial charge in [-0.2, -0.15) is 13.8 Å². The number of benzene rings is 2. The van der Waals surface area contributed by atoms with Crippen molar-refractivity contribution in [2.45, 2.75) is 50.3 Å². The van der Waals surface area contributed by atoms with Gasteiger partial charge in [0.2, 0.25) is 5.95 Å². The molecule has 3 aromatic rings. The molecule has 16 heteroatoms. The molecule has 7 rings (SSSR count). The summed E-state index contributed by atoms with van der Waals surface area (Å²) in [5.41, 5.74) is 5.00. The van der Waals surface area contributed by atoms with Crippen LogP contribution in [0.25, 0.3) is 0 Å². The standard InChI is InChI=1S/C36H43F2N9O5/c1-43-29-19-39-34(41-31(29)47(26-10-6-7-11-26)23-36(37,38)33(43)49)40-28-13-12-25(18-30(28)51-2)32(48)42-46-16-14-44(15-17-46)27-20-45(21-27)35(50)52-22-24-8-4-3-5-9-24/h3-5,8-9,12-13,18-19,26-27H,6-7,10-11,14-17,20-23H2,1-2H3,(H,42,48)(H,39,40,41). The number of rotatable bonds is 9. The number of hydrogen-bond acceptors (Lipinski definition) is 11. The van der Waals surface area contributed by atoms with Gasteiger partial charge in [-0.05, 0) is 36.6 Å². The van der Waals surface area contributed by atoms with Crippen molar-refractivity contribution >= 4 is 41.0 Å². The highest BCUT2D eigenvalue weighted by atomic mass is 19.3. The molecule has 4 heterocycles. The first kappa shape index (κ1) is 35.3. The van der Waals surface area contributed by atoms with Crippen LogP contribution in [0.3, 0.4) is 0 Å². The van der Waals surface area contributed by atoms with Crippen molar-refractivity contribution in [3.63, 3.8) is 0 Å². The Labute approximate surface area is 300 Å². The molecule has 0 radical (unpaired) electrons. The Balaban J connectivity index is 0.934. The molecule has 276 valence electrons. The molecule has 2 saturated heterocycles. The highest BCUT2D eigenvalue weighted by Crippen LogP contribution is 2.40. The van der Waals surface area contributed by atoms with Crippen LogP contribution in [0, 0.1) is 0 Å². The van der Waals surface area contributed by atoms with Gasteiger partial charge in [0.05, 0.1) is 25.5 Å². The Hall–Kier alpha value is -5.09. The van der Waals surface area contributed by atoms with Crippen molar-refractivity contribution in [1.82, 2.24) is 30.2 Å². The molecule has 52 heavy (non-hydrogen) atoms. The van der Waals surface area contributed by atoms with Crippen LogP contribution in [0.15, 0.2) is 54.7 Å². The number of carbonyl (C=O) groups is 3. The van der Waals surface area contributed by atoms with Crippen molar-refractivity contribution in [1.29, 1.82) is 0 Å². The van der Waals surface area contributed by atoms with Gasteiger partial charge in [-0.1, -0.05) is 43.2 Å². The maximum Gasteiger partial charge on any atom is 0.410 e. The summed E-state index contributed by atoms with van der Waals surface area (Å²) in [4.78, 5) is 53.8. The first-order chi connectivity index (χ1) is 25.1. The number of anilines is 4. The molecule has 4 aliphatic rings. The van der Waals surface area contributed by atoms with Gasteiger partial charge in [0.1, 0.15) is 18.0 Å². The first-order valence-electron chi connectivity index (χ1n) is 17.6. The van der Waals surface area contributed by atoms with E-state index in [0.29, 0.717) is 43.2 Å². The summed E-state index contributed by atoms with van der Waals surface area (Å²) >= 11 is 0. The van der Waals surface area contributed by atoms with Crippen LogP contribution in [0.1, 0.15) is 41.6 Å². The highest BCUT2D eigenvalue weighted by Gasteiger charge is 2.49. The van der Waals surface area contributed by atoms with E-state index in [2.05, 4.69) is 25.6 Å². The van der Waals surface area contributed by atoms with E-state index in [-0.39, 0.29) is 48.1 Å². The van der Waals surface area contributed by atoms with E-state index in [4.69, 9.17) is 9.47 Å². The maximum atomic E-state index is 15.0. The van der Waals surface area contributed by atoms with Crippen molar-refractivity contribution in [2.24, 2.45) is 0 Å². The van der Waals surface area contributed by atoms with Crippen molar-refractivity contribution < 1.29 is 32.6 Å². The van der Waals surface area contributed by atoms with Gasteiger partial charge in [-0.25, -0.2) is 14.8 Å². The van der Waals surface area contributed by atoms with Gasteiger partial charge >= 0.3 is 12.0 Å². The fourth-order valence-electron chi connectivity index (χ4n) is 7.21. The summed E-state index contributed by atoms with van der Waals surface area (Å²) in [6, 6.07) is 14.6. The summed E-state index contributed by atoms with van der Waals surface area (Å²) in [6.07, 6.45) is 4.38. The number of carbonyl (C=O) groups excluding carboxylic acids is 3. The van der Waals surface area contributed by atoms with Crippen LogP contribution < -0.4 is 25.3 Å². The summed E-state index contributed by atoms with van der Waals surface area (Å²) in [7, 11) is 2.79. The molecule has 1 saturated carbocycles. The van der Waals surface area contributed by atoms with E-state index in [1.54, 1.807) is 28.0 Å². The van der Waals surface area contributed by atoms with Crippen LogP contribution in [-0.4, -0.2) is 121 Å². The van der Waals surface area contributed by atoms with E-state index in [1.165, 1.54) is 20.4 Å². The largest absolute Gasteiger partial charge is 0.495 e. The molecule has 0 atom stereocenters. The lowest BCUT2D eigenvalue weighted by atomic mass is 10.1. The zero-order valence-electron chi connectivity index (χ0n) is 29.3. The topological polar surface area (TPSA) is 136 Å². The molecule has 14 nitrogen and oxygen atoms in total. The molecule has 0 bridgehead atoms. The van der Waals surface area contributed by atoms with Gasteiger partial charge < -0.3 is 29.5 Å². The summed E-state index contributed by atoms with van der Waals surface area (Å²) < 4.78 is 41.0. The summed E-state index contributed by atoms with van der Waals surface area (Å²) in [6.45, 7) is 3.45. The van der Waals surface area contributed by atoms with Crippen molar-refractivity contribution in [2.75, 3.05) is 75.1 Å². The van der Waals surface area contributed by atoms with Gasteiger partial charge in [0.15, 0.2) is 5.82 Å². The smallest absolute Gasteiger partial charge is 0.410 e. The molecule has 3 amide bonds. The van der Waals surface area contributed by atoms with E-state index < -0.39 is 18.4 Å². The third-order valence-electron chi connectivity index (χ3n) is 10.3. The molecular formula is C36H43F2N9O5. The maximum absolute atomic E-state index is 15.0. The van der Waals surface area contributed by atoms with Gasteiger partial charge in [0.25, 0.3) is 11.8 Å². The molecule has 2 aromatic carbocycles. The third-order valence-corrected chi connectivity index (χ3v) is 10.3. The molecular weight excluding hydrogens is 676 g/mol. The van der Waals surface area contributed by atoms with Gasteiger partial charge in [-0.15, -0.1) is 0 Å². The summed E-state index contributed by atoms with van der Waals surface area (Å²) in [5, 5.41) is 4.99. The lowest BCUT2D eigenvalue weighted by molar-refractivity contribution is -0.140. The molecule has 0 unspecified atom stereocenters. The molecule has 2 N–H and O–H groups in total. The quantitative estimate of drug-likeness (QED) is 0.334. The number of likely N-dealkylation sites (tertiary alicyclic amines) is 1. The first-order valence-corrected chi connectivity index (χ1v) is 17.6.